The maximum Gasteiger partial charge on any atom is 0.323 e. The molecule has 192 valence electrons. The van der Waals surface area contributed by atoms with Crippen LogP contribution in [0.2, 0.25) is 0 Å². The second-order valence-electron chi connectivity index (χ2n) is 9.37. The van der Waals surface area contributed by atoms with E-state index in [-0.39, 0.29) is 6.03 Å². The van der Waals surface area contributed by atoms with E-state index in [0.29, 0.717) is 12.3 Å². The molecule has 4 aromatic rings. The summed E-state index contributed by atoms with van der Waals surface area (Å²) in [5.74, 6) is 0.788. The lowest BCUT2D eigenvalue weighted by molar-refractivity contribution is 0.0358. The Kier molecular flexibility index (Phi) is 7.67. The van der Waals surface area contributed by atoms with Gasteiger partial charge in [0.2, 0.25) is 0 Å². The monoisotopic (exact) mass is 499 g/mol. The van der Waals surface area contributed by atoms with E-state index in [1.54, 1.807) is 0 Å². The van der Waals surface area contributed by atoms with Gasteiger partial charge in [0.05, 0.1) is 19.8 Å². The molecule has 3 N–H and O–H groups in total. The van der Waals surface area contributed by atoms with Crippen molar-refractivity contribution in [3.8, 4) is 16.9 Å². The van der Waals surface area contributed by atoms with Gasteiger partial charge in [0.1, 0.15) is 11.3 Å². The number of aromatic amines is 1. The normalized spacial score (nSPS) is 14.0. The van der Waals surface area contributed by atoms with E-state index < -0.39 is 0 Å². The van der Waals surface area contributed by atoms with Gasteiger partial charge in [-0.3, -0.25) is 10.00 Å². The van der Waals surface area contributed by atoms with E-state index in [2.05, 4.69) is 31.8 Å². The Hall–Kier alpha value is -3.88. The van der Waals surface area contributed by atoms with E-state index in [1.807, 2.05) is 68.4 Å². The molecule has 1 aromatic heterocycles. The quantitative estimate of drug-likeness (QED) is 0.275. The van der Waals surface area contributed by atoms with Crippen molar-refractivity contribution in [2.24, 2.45) is 0 Å². The first-order chi connectivity index (χ1) is 18.1. The Morgan fingerprint density at radius 2 is 1.81 bits per heavy atom. The molecule has 1 saturated heterocycles. The van der Waals surface area contributed by atoms with Crippen molar-refractivity contribution in [1.29, 1.82) is 0 Å². The molecule has 3 aromatic carbocycles. The first kappa shape index (κ1) is 24.8. The number of rotatable bonds is 8. The maximum atomic E-state index is 12.4. The van der Waals surface area contributed by atoms with Crippen LogP contribution in [0.1, 0.15) is 17.7 Å². The van der Waals surface area contributed by atoms with Crippen LogP contribution in [0.25, 0.3) is 22.0 Å². The molecular weight excluding hydrogens is 466 g/mol. The van der Waals surface area contributed by atoms with Crippen LogP contribution >= 0.6 is 0 Å². The van der Waals surface area contributed by atoms with Crippen LogP contribution in [0.3, 0.4) is 0 Å². The average molecular weight is 500 g/mol. The number of carbonyl (C=O) groups excluding carboxylic acids is 1. The standard InChI is InChI=1S/C29H33N5O3/c1-20-5-3-6-24(19-20)31-29(35)30-23-9-7-22(8-10-23)25-11-12-26(28-27(25)21(2)32-33-28)37-16-4-13-34-14-17-36-18-15-34/h3,5-12,19H,4,13-18H2,1-2H3,(H,32,33)(H2,30,31,35). The first-order valence-electron chi connectivity index (χ1n) is 12.7. The van der Waals surface area contributed by atoms with Gasteiger partial charge in [0.25, 0.3) is 0 Å². The third kappa shape index (κ3) is 6.10. The lowest BCUT2D eigenvalue weighted by Gasteiger charge is -2.26. The summed E-state index contributed by atoms with van der Waals surface area (Å²) in [6, 6.07) is 19.3. The minimum atomic E-state index is -0.276. The summed E-state index contributed by atoms with van der Waals surface area (Å²) in [6.07, 6.45) is 0.957. The SMILES string of the molecule is Cc1cccc(NC(=O)Nc2ccc(-c3ccc(OCCCN4CCOCC4)c4n[nH]c(C)c34)cc2)c1. The molecule has 37 heavy (non-hydrogen) atoms. The second kappa shape index (κ2) is 11.5. The molecule has 1 aliphatic heterocycles. The summed E-state index contributed by atoms with van der Waals surface area (Å²) in [4.78, 5) is 14.8. The number of H-pyrrole nitrogens is 1. The van der Waals surface area contributed by atoms with Crippen molar-refractivity contribution in [2.45, 2.75) is 20.3 Å². The van der Waals surface area contributed by atoms with E-state index in [4.69, 9.17) is 9.47 Å². The molecule has 0 atom stereocenters. The van der Waals surface area contributed by atoms with E-state index >= 15 is 0 Å². The molecule has 5 rings (SSSR count). The molecule has 0 saturated carbocycles. The summed E-state index contributed by atoms with van der Waals surface area (Å²) in [5.41, 5.74) is 6.50. The van der Waals surface area contributed by atoms with E-state index in [0.717, 1.165) is 84.0 Å². The van der Waals surface area contributed by atoms with Gasteiger partial charge in [-0.25, -0.2) is 4.79 Å². The number of anilines is 2. The van der Waals surface area contributed by atoms with Crippen molar-refractivity contribution in [1.82, 2.24) is 15.1 Å². The average Bonchev–Trinajstić information content (AvgIpc) is 3.30. The molecule has 2 heterocycles. The van der Waals surface area contributed by atoms with Crippen LogP contribution in [0.15, 0.2) is 60.7 Å². The topological polar surface area (TPSA) is 91.5 Å². The zero-order chi connectivity index (χ0) is 25.6. The van der Waals surface area contributed by atoms with Crippen molar-refractivity contribution in [3.05, 3.63) is 71.9 Å². The number of carbonyl (C=O) groups is 1. The Morgan fingerprint density at radius 1 is 1.03 bits per heavy atom. The molecule has 0 radical (unpaired) electrons. The fourth-order valence-corrected chi connectivity index (χ4v) is 4.66. The van der Waals surface area contributed by atoms with Crippen molar-refractivity contribution in [2.75, 3.05) is 50.1 Å². The van der Waals surface area contributed by atoms with E-state index in [1.165, 1.54) is 0 Å². The lowest BCUT2D eigenvalue weighted by Crippen LogP contribution is -2.37. The van der Waals surface area contributed by atoms with Crippen molar-refractivity contribution >= 4 is 28.3 Å². The van der Waals surface area contributed by atoms with Gasteiger partial charge in [-0.15, -0.1) is 0 Å². The number of aromatic nitrogens is 2. The zero-order valence-corrected chi connectivity index (χ0v) is 21.3. The largest absolute Gasteiger partial charge is 0.491 e. The van der Waals surface area contributed by atoms with Crippen molar-refractivity contribution in [3.63, 3.8) is 0 Å². The molecule has 1 fully saturated rings. The lowest BCUT2D eigenvalue weighted by atomic mass is 9.99. The highest BCUT2D eigenvalue weighted by molar-refractivity contribution is 6.01. The number of benzene rings is 3. The maximum absolute atomic E-state index is 12.4. The number of amides is 2. The summed E-state index contributed by atoms with van der Waals surface area (Å²) in [6.45, 7) is 9.27. The van der Waals surface area contributed by atoms with Crippen LogP contribution in [-0.4, -0.2) is 60.6 Å². The fourth-order valence-electron chi connectivity index (χ4n) is 4.66. The van der Waals surface area contributed by atoms with Crippen LogP contribution in [0.5, 0.6) is 5.75 Å². The third-order valence-electron chi connectivity index (χ3n) is 6.56. The number of hydrogen-bond donors (Lipinski definition) is 3. The van der Waals surface area contributed by atoms with Gasteiger partial charge >= 0.3 is 6.03 Å². The third-order valence-corrected chi connectivity index (χ3v) is 6.56. The molecule has 1 aliphatic rings. The number of morpholine rings is 1. The highest BCUT2D eigenvalue weighted by Gasteiger charge is 2.15. The van der Waals surface area contributed by atoms with Gasteiger partial charge < -0.3 is 20.1 Å². The number of aryl methyl sites for hydroxylation is 2. The number of hydrogen-bond acceptors (Lipinski definition) is 5. The van der Waals surface area contributed by atoms with Crippen LogP contribution < -0.4 is 15.4 Å². The zero-order valence-electron chi connectivity index (χ0n) is 21.3. The first-order valence-corrected chi connectivity index (χ1v) is 12.7. The van der Waals surface area contributed by atoms with E-state index in [9.17, 15) is 4.79 Å². The summed E-state index contributed by atoms with van der Waals surface area (Å²) in [7, 11) is 0. The second-order valence-corrected chi connectivity index (χ2v) is 9.37. The van der Waals surface area contributed by atoms with Gasteiger partial charge in [0, 0.05) is 42.1 Å². The number of urea groups is 1. The molecular formula is C29H33N5O3. The van der Waals surface area contributed by atoms with Crippen molar-refractivity contribution < 1.29 is 14.3 Å². The minimum Gasteiger partial charge on any atom is -0.491 e. The van der Waals surface area contributed by atoms with Gasteiger partial charge in [-0.2, -0.15) is 5.10 Å². The number of nitrogens with one attached hydrogen (secondary N) is 3. The molecule has 0 aliphatic carbocycles. The number of nitrogens with zero attached hydrogens (tertiary/aromatic N) is 2. The predicted molar refractivity (Wildman–Crippen MR) is 147 cm³/mol. The summed E-state index contributed by atoms with van der Waals surface area (Å²) in [5, 5.41) is 14.5. The van der Waals surface area contributed by atoms with Gasteiger partial charge in [-0.05, 0) is 73.4 Å². The Bertz CT molecular complexity index is 1360. The van der Waals surface area contributed by atoms with Crippen LogP contribution in [0, 0.1) is 13.8 Å². The van der Waals surface area contributed by atoms with Crippen LogP contribution in [0.4, 0.5) is 16.2 Å². The van der Waals surface area contributed by atoms with Gasteiger partial charge in [-0.1, -0.05) is 24.3 Å². The fraction of sp³-hybridized carbons (Fsp3) is 0.310. The molecule has 8 nitrogen and oxygen atoms in total. The molecule has 8 heteroatoms. The Morgan fingerprint density at radius 3 is 2.59 bits per heavy atom. The smallest absolute Gasteiger partial charge is 0.323 e. The number of ether oxygens (including phenoxy) is 2. The predicted octanol–water partition coefficient (Wildman–Crippen LogP) is 5.59. The Labute approximate surface area is 217 Å². The molecule has 2 amide bonds. The summed E-state index contributed by atoms with van der Waals surface area (Å²) < 4.78 is 11.6. The molecule has 0 bridgehead atoms. The highest BCUT2D eigenvalue weighted by atomic mass is 16.5. The van der Waals surface area contributed by atoms with Crippen LogP contribution in [-0.2, 0) is 4.74 Å². The Balaban J connectivity index is 1.24. The highest BCUT2D eigenvalue weighted by Crippen LogP contribution is 2.35. The summed E-state index contributed by atoms with van der Waals surface area (Å²) >= 11 is 0. The van der Waals surface area contributed by atoms with Gasteiger partial charge in [0.15, 0.2) is 0 Å². The molecule has 0 unspecified atom stereocenters. The number of fused-ring (bicyclic) bond motifs is 1. The minimum absolute atomic E-state index is 0.276. The molecule has 0 spiro atoms.